The van der Waals surface area contributed by atoms with Crippen LogP contribution in [0.3, 0.4) is 0 Å². The monoisotopic (exact) mass is 318 g/mol. The Morgan fingerprint density at radius 1 is 0.833 bits per heavy atom. The van der Waals surface area contributed by atoms with Crippen LogP contribution in [0.5, 0.6) is 0 Å². The lowest BCUT2D eigenvalue weighted by atomic mass is 10.1. The Balaban J connectivity index is 1.71. The summed E-state index contributed by atoms with van der Waals surface area (Å²) < 4.78 is 0. The Morgan fingerprint density at radius 2 is 1.62 bits per heavy atom. The van der Waals surface area contributed by atoms with Crippen LogP contribution in [-0.2, 0) is 6.54 Å². The molecule has 1 aromatic heterocycles. The van der Waals surface area contributed by atoms with Crippen LogP contribution in [0.15, 0.2) is 54.9 Å². The largest absolute Gasteiger partial charge is 0.366 e. The number of hydrogen-bond donors (Lipinski definition) is 2. The van der Waals surface area contributed by atoms with Gasteiger partial charge < -0.3 is 10.6 Å². The molecule has 0 aliphatic rings. The molecule has 0 atom stereocenters. The van der Waals surface area contributed by atoms with Gasteiger partial charge in [-0.3, -0.25) is 0 Å². The molecule has 0 amide bonds. The van der Waals surface area contributed by atoms with E-state index in [-0.39, 0.29) is 0 Å². The SMILES string of the molecule is Cc1ccc(Nc2cc(NCc3ccccc3C)ncn2)c(C)c1. The van der Waals surface area contributed by atoms with Gasteiger partial charge in [0.1, 0.15) is 18.0 Å². The van der Waals surface area contributed by atoms with Gasteiger partial charge in [-0.2, -0.15) is 0 Å². The number of rotatable bonds is 5. The van der Waals surface area contributed by atoms with E-state index in [1.165, 1.54) is 22.3 Å². The summed E-state index contributed by atoms with van der Waals surface area (Å²) >= 11 is 0. The molecule has 1 heterocycles. The minimum absolute atomic E-state index is 0.743. The zero-order valence-electron chi connectivity index (χ0n) is 14.3. The van der Waals surface area contributed by atoms with E-state index >= 15 is 0 Å². The lowest BCUT2D eigenvalue weighted by Gasteiger charge is -2.11. The highest BCUT2D eigenvalue weighted by Gasteiger charge is 2.03. The smallest absolute Gasteiger partial charge is 0.135 e. The maximum absolute atomic E-state index is 4.31. The van der Waals surface area contributed by atoms with Crippen molar-refractivity contribution < 1.29 is 0 Å². The number of benzene rings is 2. The first-order valence-corrected chi connectivity index (χ1v) is 8.06. The van der Waals surface area contributed by atoms with Crippen molar-refractivity contribution in [2.45, 2.75) is 27.3 Å². The van der Waals surface area contributed by atoms with Crippen LogP contribution in [0.2, 0.25) is 0 Å². The van der Waals surface area contributed by atoms with Crippen LogP contribution in [-0.4, -0.2) is 9.97 Å². The topological polar surface area (TPSA) is 49.8 Å². The van der Waals surface area contributed by atoms with Crippen molar-refractivity contribution in [2.24, 2.45) is 0 Å². The Bertz CT molecular complexity index is 843. The van der Waals surface area contributed by atoms with E-state index in [2.05, 4.69) is 83.8 Å². The molecule has 3 aromatic rings. The molecule has 4 heteroatoms. The molecule has 122 valence electrons. The first kappa shape index (κ1) is 16.0. The highest BCUT2D eigenvalue weighted by molar-refractivity contribution is 5.62. The van der Waals surface area contributed by atoms with Gasteiger partial charge in [0.2, 0.25) is 0 Å². The Hall–Kier alpha value is -2.88. The van der Waals surface area contributed by atoms with Crippen molar-refractivity contribution in [3.8, 4) is 0 Å². The van der Waals surface area contributed by atoms with Gasteiger partial charge in [0, 0.05) is 18.3 Å². The molecular weight excluding hydrogens is 296 g/mol. The standard InChI is InChI=1S/C20H22N4/c1-14-8-9-18(16(3)10-14)24-20-11-19(22-13-23-20)21-12-17-7-5-4-6-15(17)2/h4-11,13H,12H2,1-3H3,(H2,21,22,23,24). The third-order valence-corrected chi connectivity index (χ3v) is 4.03. The average Bonchev–Trinajstić information content (AvgIpc) is 2.57. The lowest BCUT2D eigenvalue weighted by Crippen LogP contribution is -2.04. The number of nitrogens with zero attached hydrogens (tertiary/aromatic N) is 2. The normalized spacial score (nSPS) is 10.5. The van der Waals surface area contributed by atoms with Gasteiger partial charge in [-0.25, -0.2) is 9.97 Å². The van der Waals surface area contributed by atoms with Crippen molar-refractivity contribution in [1.82, 2.24) is 9.97 Å². The average molecular weight is 318 g/mol. The minimum Gasteiger partial charge on any atom is -0.366 e. The Morgan fingerprint density at radius 3 is 2.42 bits per heavy atom. The van der Waals surface area contributed by atoms with Gasteiger partial charge in [0.25, 0.3) is 0 Å². The van der Waals surface area contributed by atoms with E-state index in [1.807, 2.05) is 6.07 Å². The molecule has 0 fully saturated rings. The molecule has 24 heavy (non-hydrogen) atoms. The molecule has 0 saturated carbocycles. The first-order valence-electron chi connectivity index (χ1n) is 8.06. The molecule has 0 radical (unpaired) electrons. The molecule has 0 unspecified atom stereocenters. The zero-order chi connectivity index (χ0) is 16.9. The summed E-state index contributed by atoms with van der Waals surface area (Å²) in [6, 6.07) is 16.6. The fourth-order valence-electron chi connectivity index (χ4n) is 2.61. The third-order valence-electron chi connectivity index (χ3n) is 4.03. The maximum atomic E-state index is 4.31. The van der Waals surface area contributed by atoms with Crippen molar-refractivity contribution >= 4 is 17.3 Å². The number of aromatic nitrogens is 2. The van der Waals surface area contributed by atoms with E-state index in [9.17, 15) is 0 Å². The lowest BCUT2D eigenvalue weighted by molar-refractivity contribution is 1.07. The predicted molar refractivity (Wildman–Crippen MR) is 99.7 cm³/mol. The molecule has 2 aromatic carbocycles. The van der Waals surface area contributed by atoms with Crippen LogP contribution >= 0.6 is 0 Å². The quantitative estimate of drug-likeness (QED) is 0.712. The van der Waals surface area contributed by atoms with Crippen LogP contribution in [0.4, 0.5) is 17.3 Å². The fraction of sp³-hybridized carbons (Fsp3) is 0.200. The number of aryl methyl sites for hydroxylation is 3. The van der Waals surface area contributed by atoms with Gasteiger partial charge in [0.05, 0.1) is 0 Å². The van der Waals surface area contributed by atoms with Crippen LogP contribution in [0, 0.1) is 20.8 Å². The molecule has 0 bridgehead atoms. The molecule has 2 N–H and O–H groups in total. The van der Waals surface area contributed by atoms with Gasteiger partial charge in [-0.15, -0.1) is 0 Å². The summed E-state index contributed by atoms with van der Waals surface area (Å²) in [5.41, 5.74) is 6.04. The van der Waals surface area contributed by atoms with E-state index < -0.39 is 0 Å². The second kappa shape index (κ2) is 7.13. The van der Waals surface area contributed by atoms with Gasteiger partial charge in [-0.05, 0) is 43.5 Å². The number of hydrogen-bond acceptors (Lipinski definition) is 4. The summed E-state index contributed by atoms with van der Waals surface area (Å²) in [6.45, 7) is 7.04. The fourth-order valence-corrected chi connectivity index (χ4v) is 2.61. The second-order valence-electron chi connectivity index (χ2n) is 6.01. The summed E-state index contributed by atoms with van der Waals surface area (Å²) in [5.74, 6) is 1.59. The molecule has 3 rings (SSSR count). The van der Waals surface area contributed by atoms with Gasteiger partial charge in [-0.1, -0.05) is 42.0 Å². The minimum atomic E-state index is 0.743. The molecule has 0 saturated heterocycles. The summed E-state index contributed by atoms with van der Waals surface area (Å²) in [6.07, 6.45) is 1.58. The zero-order valence-corrected chi connectivity index (χ0v) is 14.3. The van der Waals surface area contributed by atoms with Gasteiger partial charge >= 0.3 is 0 Å². The number of anilines is 3. The van der Waals surface area contributed by atoms with E-state index in [1.54, 1.807) is 6.33 Å². The van der Waals surface area contributed by atoms with Gasteiger partial charge in [0.15, 0.2) is 0 Å². The highest BCUT2D eigenvalue weighted by atomic mass is 15.1. The molecular formula is C20H22N4. The van der Waals surface area contributed by atoms with E-state index in [0.717, 1.165) is 23.9 Å². The van der Waals surface area contributed by atoms with Crippen LogP contribution in [0.25, 0.3) is 0 Å². The van der Waals surface area contributed by atoms with E-state index in [0.29, 0.717) is 0 Å². The summed E-state index contributed by atoms with van der Waals surface area (Å²) in [7, 11) is 0. The maximum Gasteiger partial charge on any atom is 0.135 e. The third kappa shape index (κ3) is 3.90. The van der Waals surface area contributed by atoms with Crippen molar-refractivity contribution in [3.05, 3.63) is 77.1 Å². The van der Waals surface area contributed by atoms with Crippen molar-refractivity contribution in [3.63, 3.8) is 0 Å². The molecule has 4 nitrogen and oxygen atoms in total. The molecule has 0 aliphatic carbocycles. The van der Waals surface area contributed by atoms with Crippen molar-refractivity contribution in [1.29, 1.82) is 0 Å². The number of nitrogens with one attached hydrogen (secondary N) is 2. The highest BCUT2D eigenvalue weighted by Crippen LogP contribution is 2.21. The van der Waals surface area contributed by atoms with Crippen LogP contribution in [0.1, 0.15) is 22.3 Å². The second-order valence-corrected chi connectivity index (χ2v) is 6.01. The van der Waals surface area contributed by atoms with Crippen LogP contribution < -0.4 is 10.6 Å². The molecule has 0 spiro atoms. The summed E-state index contributed by atoms with van der Waals surface area (Å²) in [4.78, 5) is 8.61. The summed E-state index contributed by atoms with van der Waals surface area (Å²) in [5, 5.41) is 6.72. The predicted octanol–water partition coefficient (Wildman–Crippen LogP) is 4.76. The first-order chi connectivity index (χ1) is 11.6. The van der Waals surface area contributed by atoms with Crippen molar-refractivity contribution in [2.75, 3.05) is 10.6 Å². The Kier molecular flexibility index (Phi) is 4.75. The Labute approximate surface area is 143 Å². The molecule has 0 aliphatic heterocycles. The van der Waals surface area contributed by atoms with E-state index in [4.69, 9.17) is 0 Å².